The molecule has 1 amide bonds. The van der Waals surface area contributed by atoms with Crippen molar-refractivity contribution in [3.8, 4) is 0 Å². The van der Waals surface area contributed by atoms with Gasteiger partial charge in [0.25, 0.3) is 0 Å². The van der Waals surface area contributed by atoms with Crippen molar-refractivity contribution in [3.05, 3.63) is 76.7 Å². The molecule has 1 aromatic carbocycles. The Morgan fingerprint density at radius 1 is 1.21 bits per heavy atom. The Balaban J connectivity index is 1.72. The zero-order chi connectivity index (χ0) is 16.9. The summed E-state index contributed by atoms with van der Waals surface area (Å²) in [4.78, 5) is 16.4. The van der Waals surface area contributed by atoms with Crippen LogP contribution in [0.4, 0.5) is 5.82 Å². The van der Waals surface area contributed by atoms with Gasteiger partial charge in [-0.1, -0.05) is 29.8 Å². The number of carbonyl (C=O) groups excluding carboxylic acids is 1. The lowest BCUT2D eigenvalue weighted by Crippen LogP contribution is -2.19. The Morgan fingerprint density at radius 2 is 2.00 bits per heavy atom. The average molecular weight is 341 g/mol. The van der Waals surface area contributed by atoms with E-state index in [1.165, 1.54) is 0 Å². The number of amides is 1. The third kappa shape index (κ3) is 4.00. The molecule has 2 aromatic heterocycles. The maximum Gasteiger partial charge on any atom is 0.231 e. The molecule has 0 aliphatic heterocycles. The molecule has 6 heteroatoms. The summed E-state index contributed by atoms with van der Waals surface area (Å²) in [5.41, 5.74) is 2.71. The van der Waals surface area contributed by atoms with Crippen LogP contribution in [0.2, 0.25) is 5.02 Å². The quantitative estimate of drug-likeness (QED) is 0.773. The fourth-order valence-corrected chi connectivity index (χ4v) is 2.49. The fourth-order valence-electron chi connectivity index (χ4n) is 2.37. The molecule has 3 aromatic rings. The van der Waals surface area contributed by atoms with Crippen LogP contribution in [0, 0.1) is 6.92 Å². The normalized spacial score (nSPS) is 10.6. The predicted molar refractivity (Wildman–Crippen MR) is 94.1 cm³/mol. The molecule has 24 heavy (non-hydrogen) atoms. The zero-order valence-corrected chi connectivity index (χ0v) is 14.0. The highest BCUT2D eigenvalue weighted by Gasteiger charge is 2.12. The van der Waals surface area contributed by atoms with E-state index < -0.39 is 0 Å². The van der Waals surface area contributed by atoms with Crippen LogP contribution in [0.15, 0.2) is 54.9 Å². The number of benzene rings is 1. The van der Waals surface area contributed by atoms with E-state index in [2.05, 4.69) is 15.4 Å². The van der Waals surface area contributed by atoms with Crippen LogP contribution in [-0.4, -0.2) is 20.7 Å². The second kappa shape index (κ2) is 7.27. The molecular weight excluding hydrogens is 324 g/mol. The van der Waals surface area contributed by atoms with Crippen LogP contribution in [0.5, 0.6) is 0 Å². The molecule has 0 unspecified atom stereocenters. The van der Waals surface area contributed by atoms with E-state index in [1.807, 2.05) is 49.4 Å². The van der Waals surface area contributed by atoms with Gasteiger partial charge >= 0.3 is 0 Å². The van der Waals surface area contributed by atoms with Crippen molar-refractivity contribution in [1.82, 2.24) is 14.8 Å². The maximum absolute atomic E-state index is 12.3. The van der Waals surface area contributed by atoms with Gasteiger partial charge in [0.2, 0.25) is 5.91 Å². The van der Waals surface area contributed by atoms with E-state index in [0.29, 0.717) is 17.4 Å². The van der Waals surface area contributed by atoms with Gasteiger partial charge in [-0.2, -0.15) is 5.10 Å². The highest BCUT2D eigenvalue weighted by molar-refractivity contribution is 6.30. The van der Waals surface area contributed by atoms with Gasteiger partial charge < -0.3 is 5.32 Å². The van der Waals surface area contributed by atoms with Crippen molar-refractivity contribution < 1.29 is 4.79 Å². The molecule has 0 saturated heterocycles. The second-order valence-electron chi connectivity index (χ2n) is 5.51. The summed E-state index contributed by atoms with van der Waals surface area (Å²) in [5.74, 6) is 0.584. The molecule has 3 rings (SSSR count). The molecule has 122 valence electrons. The van der Waals surface area contributed by atoms with E-state index in [9.17, 15) is 4.79 Å². The number of nitrogens with one attached hydrogen (secondary N) is 1. The first-order chi connectivity index (χ1) is 11.6. The first kappa shape index (κ1) is 16.2. The number of aryl methyl sites for hydroxylation is 1. The van der Waals surface area contributed by atoms with Gasteiger partial charge in [-0.25, -0.2) is 4.68 Å². The van der Waals surface area contributed by atoms with Crippen LogP contribution in [-0.2, 0) is 17.8 Å². The predicted octanol–water partition coefficient (Wildman–Crippen LogP) is 3.47. The molecule has 2 heterocycles. The number of halogens is 1. The van der Waals surface area contributed by atoms with E-state index in [4.69, 9.17) is 11.6 Å². The fraction of sp³-hybridized carbons (Fsp3) is 0.167. The Bertz CT molecular complexity index is 828. The Morgan fingerprint density at radius 3 is 2.71 bits per heavy atom. The number of nitrogens with zero attached hydrogens (tertiary/aromatic N) is 3. The molecule has 0 atom stereocenters. The summed E-state index contributed by atoms with van der Waals surface area (Å²) in [6.07, 6.45) is 3.65. The van der Waals surface area contributed by atoms with Crippen LogP contribution < -0.4 is 5.32 Å². The van der Waals surface area contributed by atoms with E-state index >= 15 is 0 Å². The standard InChI is InChI=1S/C18H17ClN4O/c1-13-11-21-23(12-14-5-7-15(19)8-6-14)18(13)22-17(24)10-16-4-2-3-9-20-16/h2-9,11H,10,12H2,1H3,(H,22,24). The molecule has 0 aliphatic carbocycles. The van der Waals surface area contributed by atoms with E-state index in [1.54, 1.807) is 17.1 Å². The van der Waals surface area contributed by atoms with Gasteiger partial charge in [-0.3, -0.25) is 9.78 Å². The molecule has 0 fully saturated rings. The Labute approximate surface area is 145 Å². The van der Waals surface area contributed by atoms with Crippen molar-refractivity contribution in [2.75, 3.05) is 5.32 Å². The number of hydrogen-bond acceptors (Lipinski definition) is 3. The average Bonchev–Trinajstić information content (AvgIpc) is 2.91. The second-order valence-corrected chi connectivity index (χ2v) is 5.94. The smallest absolute Gasteiger partial charge is 0.231 e. The summed E-state index contributed by atoms with van der Waals surface area (Å²) >= 11 is 5.91. The molecular formula is C18H17ClN4O. The van der Waals surface area contributed by atoms with Crippen molar-refractivity contribution in [2.24, 2.45) is 0 Å². The molecule has 0 saturated carbocycles. The highest BCUT2D eigenvalue weighted by Crippen LogP contribution is 2.17. The van der Waals surface area contributed by atoms with Gasteiger partial charge in [0.05, 0.1) is 19.2 Å². The number of pyridine rings is 1. The van der Waals surface area contributed by atoms with Gasteiger partial charge in [-0.15, -0.1) is 0 Å². The first-order valence-corrected chi connectivity index (χ1v) is 7.96. The molecule has 0 spiro atoms. The molecule has 5 nitrogen and oxygen atoms in total. The van der Waals surface area contributed by atoms with Crippen LogP contribution in [0.25, 0.3) is 0 Å². The van der Waals surface area contributed by atoms with Crippen molar-refractivity contribution in [2.45, 2.75) is 19.9 Å². The van der Waals surface area contributed by atoms with Gasteiger partial charge in [0.1, 0.15) is 5.82 Å². The summed E-state index contributed by atoms with van der Waals surface area (Å²) in [5, 5.41) is 7.98. The molecule has 0 aliphatic rings. The lowest BCUT2D eigenvalue weighted by molar-refractivity contribution is -0.115. The lowest BCUT2D eigenvalue weighted by Gasteiger charge is -2.10. The van der Waals surface area contributed by atoms with Crippen LogP contribution in [0.3, 0.4) is 0 Å². The number of aromatic nitrogens is 3. The number of hydrogen-bond donors (Lipinski definition) is 1. The van der Waals surface area contributed by atoms with Crippen LogP contribution in [0.1, 0.15) is 16.8 Å². The first-order valence-electron chi connectivity index (χ1n) is 7.58. The van der Waals surface area contributed by atoms with Crippen molar-refractivity contribution in [1.29, 1.82) is 0 Å². The Kier molecular flexibility index (Phi) is 4.91. The molecule has 0 bridgehead atoms. The summed E-state index contributed by atoms with van der Waals surface area (Å²) in [6.45, 7) is 2.48. The minimum Gasteiger partial charge on any atom is -0.310 e. The maximum atomic E-state index is 12.3. The number of rotatable bonds is 5. The summed E-state index contributed by atoms with van der Waals surface area (Å²) in [6, 6.07) is 13.1. The van der Waals surface area contributed by atoms with Gasteiger partial charge in [-0.05, 0) is 36.8 Å². The van der Waals surface area contributed by atoms with Gasteiger partial charge in [0, 0.05) is 22.5 Å². The number of carbonyl (C=O) groups is 1. The number of anilines is 1. The summed E-state index contributed by atoms with van der Waals surface area (Å²) < 4.78 is 1.77. The van der Waals surface area contributed by atoms with Gasteiger partial charge in [0.15, 0.2) is 0 Å². The lowest BCUT2D eigenvalue weighted by atomic mass is 10.2. The van der Waals surface area contributed by atoms with Crippen molar-refractivity contribution >= 4 is 23.3 Å². The van der Waals surface area contributed by atoms with Crippen molar-refractivity contribution in [3.63, 3.8) is 0 Å². The topological polar surface area (TPSA) is 59.8 Å². The minimum absolute atomic E-state index is 0.116. The van der Waals surface area contributed by atoms with E-state index in [0.717, 1.165) is 16.8 Å². The highest BCUT2D eigenvalue weighted by atomic mass is 35.5. The SMILES string of the molecule is Cc1cnn(Cc2ccc(Cl)cc2)c1NC(=O)Cc1ccccn1. The minimum atomic E-state index is -0.116. The third-order valence-electron chi connectivity index (χ3n) is 3.59. The molecule has 1 N–H and O–H groups in total. The molecule has 0 radical (unpaired) electrons. The van der Waals surface area contributed by atoms with E-state index in [-0.39, 0.29) is 12.3 Å². The summed E-state index contributed by atoms with van der Waals surface area (Å²) in [7, 11) is 0. The van der Waals surface area contributed by atoms with Crippen LogP contribution >= 0.6 is 11.6 Å². The Hall–Kier alpha value is -2.66. The third-order valence-corrected chi connectivity index (χ3v) is 3.85. The largest absolute Gasteiger partial charge is 0.310 e. The zero-order valence-electron chi connectivity index (χ0n) is 13.2. The monoisotopic (exact) mass is 340 g/mol.